The Morgan fingerprint density at radius 1 is 1.25 bits per heavy atom. The molecule has 1 aromatic carbocycles. The van der Waals surface area contributed by atoms with Gasteiger partial charge in [-0.2, -0.15) is 0 Å². The molecule has 1 aromatic rings. The zero-order chi connectivity index (χ0) is 12.1. The van der Waals surface area contributed by atoms with Gasteiger partial charge in [-0.3, -0.25) is 4.79 Å². The second-order valence-corrected chi connectivity index (χ2v) is 5.51. The summed E-state index contributed by atoms with van der Waals surface area (Å²) in [5.41, 5.74) is -0.274. The van der Waals surface area contributed by atoms with E-state index in [0.717, 1.165) is 0 Å². The minimum atomic E-state index is -0.565. The molecule has 1 aliphatic heterocycles. The highest BCUT2D eigenvalue weighted by atomic mass is 35.5. The van der Waals surface area contributed by atoms with Gasteiger partial charge in [-0.25, -0.2) is 0 Å². The van der Waals surface area contributed by atoms with Gasteiger partial charge in [0, 0.05) is 0 Å². The van der Waals surface area contributed by atoms with Gasteiger partial charge < -0.3 is 4.74 Å². The highest BCUT2D eigenvalue weighted by Gasteiger charge is 2.36. The van der Waals surface area contributed by atoms with Crippen molar-refractivity contribution in [2.45, 2.75) is 25.9 Å². The molecule has 86 valence electrons. The highest BCUT2D eigenvalue weighted by Crippen LogP contribution is 2.44. The highest BCUT2D eigenvalue weighted by molar-refractivity contribution is 6.46. The molecule has 0 N–H and O–H groups in total. The summed E-state index contributed by atoms with van der Waals surface area (Å²) < 4.78 is 5.66. The van der Waals surface area contributed by atoms with Crippen LogP contribution in [0.5, 0.6) is 5.75 Å². The first-order valence-electron chi connectivity index (χ1n) is 4.71. The Bertz CT molecular complexity index is 481. The maximum atomic E-state index is 11.9. The van der Waals surface area contributed by atoms with Gasteiger partial charge in [0.25, 0.3) is 0 Å². The molecule has 5 heteroatoms. The van der Waals surface area contributed by atoms with Crippen LogP contribution in [-0.2, 0) is 0 Å². The van der Waals surface area contributed by atoms with E-state index in [-0.39, 0.29) is 22.2 Å². The van der Waals surface area contributed by atoms with Crippen LogP contribution in [0, 0.1) is 0 Å². The van der Waals surface area contributed by atoms with E-state index in [1.54, 1.807) is 0 Å². The summed E-state index contributed by atoms with van der Waals surface area (Å²) in [6.07, 6.45) is 0.260. The van der Waals surface area contributed by atoms with Crippen molar-refractivity contribution in [3.05, 3.63) is 26.7 Å². The first-order valence-corrected chi connectivity index (χ1v) is 5.85. The second-order valence-electron chi connectivity index (χ2n) is 4.32. The van der Waals surface area contributed by atoms with Crippen molar-refractivity contribution in [1.29, 1.82) is 0 Å². The predicted octanol–water partition coefficient (Wildman–Crippen LogP) is 4.39. The summed E-state index contributed by atoms with van der Waals surface area (Å²) in [5.74, 6) is 0.234. The third-order valence-electron chi connectivity index (χ3n) is 2.37. The lowest BCUT2D eigenvalue weighted by atomic mass is 9.93. The van der Waals surface area contributed by atoms with Crippen LogP contribution in [0.4, 0.5) is 0 Å². The van der Waals surface area contributed by atoms with E-state index >= 15 is 0 Å². The molecule has 0 saturated carbocycles. The average Bonchev–Trinajstić information content (AvgIpc) is 2.12. The number of fused-ring (bicyclic) bond motifs is 1. The van der Waals surface area contributed by atoms with Gasteiger partial charge in [0.15, 0.2) is 11.5 Å². The molecular weight excluding hydrogens is 270 g/mol. The molecule has 1 heterocycles. The molecule has 0 unspecified atom stereocenters. The lowest BCUT2D eigenvalue weighted by Crippen LogP contribution is -2.36. The van der Waals surface area contributed by atoms with Gasteiger partial charge in [-0.1, -0.05) is 34.8 Å². The largest absolute Gasteiger partial charge is 0.485 e. The molecule has 2 rings (SSSR count). The van der Waals surface area contributed by atoms with E-state index < -0.39 is 5.60 Å². The maximum absolute atomic E-state index is 11.9. The van der Waals surface area contributed by atoms with Crippen LogP contribution in [0.3, 0.4) is 0 Å². The minimum absolute atomic E-state index is 0.0966. The van der Waals surface area contributed by atoms with E-state index in [2.05, 4.69) is 0 Å². The van der Waals surface area contributed by atoms with Gasteiger partial charge in [0.05, 0.1) is 27.1 Å². The van der Waals surface area contributed by atoms with Crippen molar-refractivity contribution in [2.75, 3.05) is 0 Å². The molecule has 0 aromatic heterocycles. The van der Waals surface area contributed by atoms with Crippen LogP contribution in [0.2, 0.25) is 15.1 Å². The molecule has 0 atom stereocenters. The van der Waals surface area contributed by atoms with E-state index in [1.807, 2.05) is 13.8 Å². The van der Waals surface area contributed by atoms with Crippen LogP contribution >= 0.6 is 34.8 Å². The first kappa shape index (κ1) is 12.0. The molecule has 16 heavy (non-hydrogen) atoms. The van der Waals surface area contributed by atoms with E-state index in [4.69, 9.17) is 39.5 Å². The van der Waals surface area contributed by atoms with Crippen molar-refractivity contribution < 1.29 is 9.53 Å². The molecule has 0 spiro atoms. The Labute approximate surface area is 108 Å². The topological polar surface area (TPSA) is 26.3 Å². The number of Topliss-reactive ketones (excluding diaryl/α,β-unsaturated/α-hetero) is 1. The number of ether oxygens (including phenoxy) is 1. The zero-order valence-electron chi connectivity index (χ0n) is 8.73. The van der Waals surface area contributed by atoms with Gasteiger partial charge in [-0.15, -0.1) is 0 Å². The summed E-state index contributed by atoms with van der Waals surface area (Å²) in [7, 11) is 0. The number of carbonyl (C=O) groups excluding carboxylic acids is 1. The second kappa shape index (κ2) is 3.80. The summed E-state index contributed by atoms with van der Waals surface area (Å²) in [6, 6.07) is 1.49. The van der Waals surface area contributed by atoms with Crippen LogP contribution in [0.1, 0.15) is 30.6 Å². The molecule has 0 radical (unpaired) electrons. The SMILES string of the molecule is CC1(C)CC(=O)c2c(Cl)c(Cl)cc(Cl)c2O1. The van der Waals surface area contributed by atoms with Crippen molar-refractivity contribution in [3.8, 4) is 5.75 Å². The summed E-state index contributed by atoms with van der Waals surface area (Å²) in [4.78, 5) is 11.9. The summed E-state index contributed by atoms with van der Waals surface area (Å²) in [6.45, 7) is 3.65. The molecule has 0 aliphatic carbocycles. The molecular formula is C11H9Cl3O2. The van der Waals surface area contributed by atoms with Crippen LogP contribution in [0.25, 0.3) is 0 Å². The Morgan fingerprint density at radius 2 is 1.88 bits per heavy atom. The number of halogens is 3. The third kappa shape index (κ3) is 1.90. The van der Waals surface area contributed by atoms with Gasteiger partial charge in [-0.05, 0) is 19.9 Å². The fraction of sp³-hybridized carbons (Fsp3) is 0.364. The summed E-state index contributed by atoms with van der Waals surface area (Å²) >= 11 is 17.8. The first-order chi connectivity index (χ1) is 7.32. The fourth-order valence-electron chi connectivity index (χ4n) is 1.71. The van der Waals surface area contributed by atoms with Gasteiger partial charge >= 0.3 is 0 Å². The number of benzene rings is 1. The number of hydrogen-bond acceptors (Lipinski definition) is 2. The number of rotatable bonds is 0. The Morgan fingerprint density at radius 3 is 2.50 bits per heavy atom. The Balaban J connectivity index is 2.69. The zero-order valence-corrected chi connectivity index (χ0v) is 11.0. The van der Waals surface area contributed by atoms with Crippen LogP contribution in [-0.4, -0.2) is 11.4 Å². The van der Waals surface area contributed by atoms with Crippen molar-refractivity contribution in [1.82, 2.24) is 0 Å². The van der Waals surface area contributed by atoms with Crippen LogP contribution < -0.4 is 4.74 Å². The number of hydrogen-bond donors (Lipinski definition) is 0. The number of carbonyl (C=O) groups is 1. The molecule has 1 aliphatic rings. The van der Waals surface area contributed by atoms with Crippen molar-refractivity contribution in [3.63, 3.8) is 0 Å². The van der Waals surface area contributed by atoms with E-state index in [0.29, 0.717) is 16.3 Å². The monoisotopic (exact) mass is 278 g/mol. The smallest absolute Gasteiger partial charge is 0.172 e. The Hall–Kier alpha value is -0.440. The van der Waals surface area contributed by atoms with Crippen molar-refractivity contribution >= 4 is 40.6 Å². The average molecular weight is 280 g/mol. The minimum Gasteiger partial charge on any atom is -0.485 e. The van der Waals surface area contributed by atoms with E-state index in [1.165, 1.54) is 6.07 Å². The molecule has 0 amide bonds. The normalized spacial score (nSPS) is 17.9. The molecule has 0 bridgehead atoms. The molecule has 0 fully saturated rings. The molecule has 0 saturated heterocycles. The fourth-order valence-corrected chi connectivity index (χ4v) is 2.46. The predicted molar refractivity (Wildman–Crippen MR) is 65.1 cm³/mol. The van der Waals surface area contributed by atoms with Gasteiger partial charge in [0.2, 0.25) is 0 Å². The standard InChI is InChI=1S/C11H9Cl3O2/c1-11(2)4-7(15)8-9(14)5(12)3-6(13)10(8)16-11/h3H,4H2,1-2H3. The lowest BCUT2D eigenvalue weighted by Gasteiger charge is -2.32. The van der Waals surface area contributed by atoms with E-state index in [9.17, 15) is 4.79 Å². The summed E-state index contributed by atoms with van der Waals surface area (Å²) in [5, 5.41) is 0.786. The third-order valence-corrected chi connectivity index (χ3v) is 3.44. The van der Waals surface area contributed by atoms with Crippen molar-refractivity contribution in [2.24, 2.45) is 0 Å². The quantitative estimate of drug-likeness (QED) is 0.658. The van der Waals surface area contributed by atoms with Crippen LogP contribution in [0.15, 0.2) is 6.07 Å². The lowest BCUT2D eigenvalue weighted by molar-refractivity contribution is 0.0621. The Kier molecular flexibility index (Phi) is 2.85. The number of ketones is 1. The molecule has 2 nitrogen and oxygen atoms in total. The maximum Gasteiger partial charge on any atom is 0.172 e. The van der Waals surface area contributed by atoms with Gasteiger partial charge in [0.1, 0.15) is 5.60 Å².